The number of fused-ring (bicyclic) bond motifs is 1. The summed E-state index contributed by atoms with van der Waals surface area (Å²) in [4.78, 5) is 34.7. The number of primary amides is 1. The molecule has 8 heteroatoms. The van der Waals surface area contributed by atoms with Crippen molar-refractivity contribution in [2.75, 3.05) is 18.0 Å². The zero-order chi connectivity index (χ0) is 23.1. The van der Waals surface area contributed by atoms with E-state index in [1.165, 1.54) is 11.8 Å². The Morgan fingerprint density at radius 2 is 1.94 bits per heavy atom. The van der Waals surface area contributed by atoms with Gasteiger partial charge in [-0.15, -0.1) is 0 Å². The third-order valence-corrected chi connectivity index (χ3v) is 8.38. The van der Waals surface area contributed by atoms with Crippen LogP contribution in [0.4, 0.5) is 5.82 Å². The third kappa shape index (κ3) is 4.26. The number of para-hydroxylation sites is 1. The number of nitrogens with zero attached hydrogens (tertiary/aromatic N) is 3. The van der Waals surface area contributed by atoms with Crippen molar-refractivity contribution < 1.29 is 9.59 Å². The number of nitrogens with two attached hydrogens (primary N) is 1. The van der Waals surface area contributed by atoms with Gasteiger partial charge in [0, 0.05) is 36.0 Å². The second kappa shape index (κ2) is 9.06. The molecular formula is C25H28N4O2S2. The van der Waals surface area contributed by atoms with Gasteiger partial charge in [0.2, 0.25) is 5.91 Å². The molecule has 0 bridgehead atoms. The van der Waals surface area contributed by atoms with E-state index in [-0.39, 0.29) is 23.8 Å². The summed E-state index contributed by atoms with van der Waals surface area (Å²) in [6.07, 6.45) is 7.74. The van der Waals surface area contributed by atoms with Crippen LogP contribution in [0, 0.1) is 12.8 Å². The fraction of sp³-hybridized carbons (Fsp3) is 0.440. The number of pyridine rings is 1. The van der Waals surface area contributed by atoms with Gasteiger partial charge in [-0.2, -0.15) is 0 Å². The first-order chi connectivity index (χ1) is 15.9. The van der Waals surface area contributed by atoms with Crippen molar-refractivity contribution in [2.24, 2.45) is 11.7 Å². The summed E-state index contributed by atoms with van der Waals surface area (Å²) >= 11 is 6.99. The average Bonchev–Trinajstić information content (AvgIpc) is 3.41. The van der Waals surface area contributed by atoms with Crippen molar-refractivity contribution in [1.29, 1.82) is 0 Å². The minimum Gasteiger partial charge on any atom is -0.369 e. The first-order valence-electron chi connectivity index (χ1n) is 11.6. The number of anilines is 1. The Morgan fingerprint density at radius 1 is 1.21 bits per heavy atom. The molecule has 1 saturated carbocycles. The van der Waals surface area contributed by atoms with E-state index in [0.717, 1.165) is 53.5 Å². The highest BCUT2D eigenvalue weighted by molar-refractivity contribution is 8.26. The van der Waals surface area contributed by atoms with Crippen molar-refractivity contribution in [1.82, 2.24) is 9.88 Å². The van der Waals surface area contributed by atoms with E-state index < -0.39 is 0 Å². The van der Waals surface area contributed by atoms with Crippen LogP contribution in [0.2, 0.25) is 0 Å². The molecule has 0 radical (unpaired) electrons. The molecule has 2 saturated heterocycles. The summed E-state index contributed by atoms with van der Waals surface area (Å²) in [5.41, 5.74) is 8.52. The van der Waals surface area contributed by atoms with Gasteiger partial charge < -0.3 is 10.6 Å². The number of aromatic nitrogens is 1. The maximum absolute atomic E-state index is 13.3. The Kier molecular flexibility index (Phi) is 6.14. The molecule has 2 aromatic rings. The summed E-state index contributed by atoms with van der Waals surface area (Å²) in [5.74, 6) is 0.549. The highest BCUT2D eigenvalue weighted by Gasteiger charge is 2.38. The molecule has 3 heterocycles. The van der Waals surface area contributed by atoms with Crippen LogP contribution in [0.25, 0.3) is 17.0 Å². The van der Waals surface area contributed by atoms with Crippen LogP contribution >= 0.6 is 24.0 Å². The number of piperidine rings is 1. The molecule has 33 heavy (non-hydrogen) atoms. The molecule has 2 aliphatic heterocycles. The molecule has 0 atom stereocenters. The molecule has 1 aromatic carbocycles. The highest BCUT2D eigenvalue weighted by Crippen LogP contribution is 2.39. The van der Waals surface area contributed by atoms with Crippen molar-refractivity contribution in [3.63, 3.8) is 0 Å². The van der Waals surface area contributed by atoms with Crippen LogP contribution in [-0.2, 0) is 9.59 Å². The highest BCUT2D eigenvalue weighted by atomic mass is 32.2. The normalized spacial score (nSPS) is 21.7. The Balaban J connectivity index is 1.53. The lowest BCUT2D eigenvalue weighted by molar-refractivity contribution is -0.124. The summed E-state index contributed by atoms with van der Waals surface area (Å²) in [6.45, 7) is 3.48. The predicted octanol–water partition coefficient (Wildman–Crippen LogP) is 4.39. The Bertz CT molecular complexity index is 1160. The fourth-order valence-corrected chi connectivity index (χ4v) is 6.58. The summed E-state index contributed by atoms with van der Waals surface area (Å²) < 4.78 is 0.659. The number of benzene rings is 1. The zero-order valence-corrected chi connectivity index (χ0v) is 20.4. The van der Waals surface area contributed by atoms with Gasteiger partial charge in [0.1, 0.15) is 10.1 Å². The van der Waals surface area contributed by atoms with Crippen molar-refractivity contribution in [2.45, 2.75) is 51.5 Å². The van der Waals surface area contributed by atoms with Crippen molar-refractivity contribution in [3.05, 3.63) is 40.3 Å². The molecule has 2 amide bonds. The topological polar surface area (TPSA) is 79.5 Å². The number of rotatable bonds is 4. The van der Waals surface area contributed by atoms with Gasteiger partial charge in [-0.3, -0.25) is 14.5 Å². The quantitative estimate of drug-likeness (QED) is 0.517. The van der Waals surface area contributed by atoms with Crippen LogP contribution in [0.1, 0.15) is 49.7 Å². The number of carbonyl (C=O) groups is 2. The summed E-state index contributed by atoms with van der Waals surface area (Å²) in [7, 11) is 0. The zero-order valence-electron chi connectivity index (χ0n) is 18.8. The van der Waals surface area contributed by atoms with Gasteiger partial charge in [-0.1, -0.05) is 55.0 Å². The van der Waals surface area contributed by atoms with Gasteiger partial charge in [0.25, 0.3) is 5.91 Å². The average molecular weight is 481 g/mol. The molecule has 3 aliphatic rings. The van der Waals surface area contributed by atoms with Gasteiger partial charge in [0.15, 0.2) is 0 Å². The molecule has 0 unspecified atom stereocenters. The van der Waals surface area contributed by atoms with Gasteiger partial charge in [-0.05, 0) is 50.3 Å². The van der Waals surface area contributed by atoms with Gasteiger partial charge in [-0.25, -0.2) is 4.98 Å². The molecule has 172 valence electrons. The van der Waals surface area contributed by atoms with Crippen LogP contribution in [0.3, 0.4) is 0 Å². The van der Waals surface area contributed by atoms with E-state index >= 15 is 0 Å². The maximum Gasteiger partial charge on any atom is 0.266 e. The van der Waals surface area contributed by atoms with E-state index in [1.54, 1.807) is 0 Å². The molecule has 1 aliphatic carbocycles. The SMILES string of the molecule is Cc1cccc2cc(/C=C3\SC(=S)N(C4CCCC4)C3=O)c(N3CCC(C(N)=O)CC3)nc12. The van der Waals surface area contributed by atoms with E-state index in [2.05, 4.69) is 30.0 Å². The number of thioether (sulfide) groups is 1. The van der Waals surface area contributed by atoms with E-state index in [4.69, 9.17) is 22.9 Å². The van der Waals surface area contributed by atoms with E-state index in [0.29, 0.717) is 35.2 Å². The lowest BCUT2D eigenvalue weighted by atomic mass is 9.96. The van der Waals surface area contributed by atoms with E-state index in [1.807, 2.05) is 17.0 Å². The number of amides is 2. The number of thiocarbonyl (C=S) groups is 1. The van der Waals surface area contributed by atoms with Gasteiger partial charge in [0.05, 0.1) is 10.4 Å². The standard InChI is InChI=1S/C25H28N4O2S2/c1-15-5-4-6-17-13-18(14-20-24(31)29(25(32)33-20)19-7-2-3-8-19)23(27-21(15)17)28-11-9-16(10-12-28)22(26)30/h4-6,13-14,16,19H,2-3,7-12H2,1H3,(H2,26,30)/b20-14-. The van der Waals surface area contributed by atoms with Crippen LogP contribution in [0.15, 0.2) is 29.2 Å². The lowest BCUT2D eigenvalue weighted by Crippen LogP contribution is -2.39. The predicted molar refractivity (Wildman–Crippen MR) is 138 cm³/mol. The van der Waals surface area contributed by atoms with Crippen molar-refractivity contribution in [3.8, 4) is 0 Å². The summed E-state index contributed by atoms with van der Waals surface area (Å²) in [5, 5.41) is 1.04. The number of aryl methyl sites for hydroxylation is 1. The van der Waals surface area contributed by atoms with E-state index in [9.17, 15) is 9.59 Å². The molecule has 6 nitrogen and oxygen atoms in total. The lowest BCUT2D eigenvalue weighted by Gasteiger charge is -2.32. The van der Waals surface area contributed by atoms with Crippen LogP contribution in [-0.4, -0.2) is 45.2 Å². The number of hydrogen-bond acceptors (Lipinski definition) is 6. The fourth-order valence-electron chi connectivity index (χ4n) is 5.19. The monoisotopic (exact) mass is 480 g/mol. The van der Waals surface area contributed by atoms with Crippen LogP contribution < -0.4 is 10.6 Å². The molecule has 0 spiro atoms. The summed E-state index contributed by atoms with van der Waals surface area (Å²) in [6, 6.07) is 8.49. The largest absolute Gasteiger partial charge is 0.369 e. The Hall–Kier alpha value is -2.45. The van der Waals surface area contributed by atoms with Gasteiger partial charge >= 0.3 is 0 Å². The number of carbonyl (C=O) groups excluding carboxylic acids is 2. The molecule has 5 rings (SSSR count). The minimum atomic E-state index is -0.229. The Labute approximate surface area is 203 Å². The maximum atomic E-state index is 13.3. The second-order valence-electron chi connectivity index (χ2n) is 9.20. The second-order valence-corrected chi connectivity index (χ2v) is 10.9. The first kappa shape index (κ1) is 22.3. The molecule has 2 N–H and O–H groups in total. The Morgan fingerprint density at radius 3 is 2.64 bits per heavy atom. The number of hydrogen-bond donors (Lipinski definition) is 1. The smallest absolute Gasteiger partial charge is 0.266 e. The van der Waals surface area contributed by atoms with Crippen LogP contribution in [0.5, 0.6) is 0 Å². The third-order valence-electron chi connectivity index (χ3n) is 7.05. The van der Waals surface area contributed by atoms with Crippen molar-refractivity contribution >= 4 is 62.9 Å². The molecular weight excluding hydrogens is 452 g/mol. The molecule has 3 fully saturated rings. The minimum absolute atomic E-state index is 0.0135. The first-order valence-corrected chi connectivity index (χ1v) is 12.9. The molecule has 1 aromatic heterocycles.